The van der Waals surface area contributed by atoms with Crippen LogP contribution < -0.4 is 10.6 Å². The number of nitrogens with one attached hydrogen (secondary N) is 2. The van der Waals surface area contributed by atoms with Crippen LogP contribution in [0.3, 0.4) is 0 Å². The van der Waals surface area contributed by atoms with Gasteiger partial charge in [-0.2, -0.15) is 0 Å². The molecule has 0 atom stereocenters. The summed E-state index contributed by atoms with van der Waals surface area (Å²) in [7, 11) is 1.79. The summed E-state index contributed by atoms with van der Waals surface area (Å²) >= 11 is 0. The zero-order valence-corrected chi connectivity index (χ0v) is 20.4. The molecule has 0 spiro atoms. The Hall–Kier alpha value is -1.74. The number of aliphatic imine (C=N–C) groups is 1. The predicted octanol–water partition coefficient (Wildman–Crippen LogP) is 3.95. The van der Waals surface area contributed by atoms with Crippen LogP contribution in [0.15, 0.2) is 53.7 Å². The number of hydrogen-bond donors (Lipinski definition) is 2. The minimum absolute atomic E-state index is 0. The number of likely N-dealkylation sites (tertiary alicyclic amines) is 1. The number of guanidine groups is 1. The summed E-state index contributed by atoms with van der Waals surface area (Å²) in [6.45, 7) is 7.88. The summed E-state index contributed by atoms with van der Waals surface area (Å²) < 4.78 is 13.6. The zero-order chi connectivity index (χ0) is 20.7. The summed E-state index contributed by atoms with van der Waals surface area (Å²) in [5.74, 6) is 0.605. The molecule has 1 aliphatic heterocycles. The Morgan fingerprint density at radius 2 is 1.97 bits per heavy atom. The number of pyridine rings is 1. The van der Waals surface area contributed by atoms with E-state index >= 15 is 0 Å². The van der Waals surface area contributed by atoms with Crippen LogP contribution in [0.1, 0.15) is 37.9 Å². The SMILES string of the molecule is CN=C(NCC(C)(C)c1cccc(F)c1)NC1CCN(Cc2ccccn2)CC1.I. The largest absolute Gasteiger partial charge is 0.356 e. The standard InChI is InChI=1S/C23H32FN5.HI/c1-23(2,18-7-6-8-19(24)15-18)17-27-22(25-3)28-20-10-13-29(14-11-20)16-21-9-4-5-12-26-21;/h4-9,12,15,20H,10-11,13-14,16-17H2,1-3H3,(H2,25,27,28);1H. The van der Waals surface area contributed by atoms with Crippen molar-refractivity contribution in [3.8, 4) is 0 Å². The van der Waals surface area contributed by atoms with Gasteiger partial charge in [0.25, 0.3) is 0 Å². The summed E-state index contributed by atoms with van der Waals surface area (Å²) in [5, 5.41) is 6.97. The van der Waals surface area contributed by atoms with E-state index in [2.05, 4.69) is 45.4 Å². The summed E-state index contributed by atoms with van der Waals surface area (Å²) in [6.07, 6.45) is 3.99. The number of hydrogen-bond acceptors (Lipinski definition) is 3. The molecule has 5 nitrogen and oxygen atoms in total. The molecule has 1 aromatic heterocycles. The summed E-state index contributed by atoms with van der Waals surface area (Å²) in [6, 6.07) is 13.3. The van der Waals surface area contributed by atoms with Gasteiger partial charge in [-0.15, -0.1) is 24.0 Å². The van der Waals surface area contributed by atoms with Gasteiger partial charge in [-0.1, -0.05) is 32.0 Å². The Labute approximate surface area is 196 Å². The molecule has 0 saturated carbocycles. The lowest BCUT2D eigenvalue weighted by Crippen LogP contribution is -2.50. The van der Waals surface area contributed by atoms with Crippen molar-refractivity contribution < 1.29 is 4.39 Å². The van der Waals surface area contributed by atoms with Crippen molar-refractivity contribution in [2.24, 2.45) is 4.99 Å². The molecule has 0 radical (unpaired) electrons. The highest BCUT2D eigenvalue weighted by Gasteiger charge is 2.23. The topological polar surface area (TPSA) is 52.6 Å². The van der Waals surface area contributed by atoms with Gasteiger partial charge in [0.2, 0.25) is 0 Å². The van der Waals surface area contributed by atoms with E-state index in [-0.39, 0.29) is 35.2 Å². The summed E-state index contributed by atoms with van der Waals surface area (Å²) in [4.78, 5) is 11.2. The lowest BCUT2D eigenvalue weighted by Gasteiger charge is -2.33. The Bertz CT molecular complexity index is 804. The quantitative estimate of drug-likeness (QED) is 0.341. The van der Waals surface area contributed by atoms with Gasteiger partial charge < -0.3 is 10.6 Å². The molecule has 2 aromatic rings. The van der Waals surface area contributed by atoms with E-state index in [1.165, 1.54) is 6.07 Å². The summed E-state index contributed by atoms with van der Waals surface area (Å²) in [5.41, 5.74) is 1.89. The minimum atomic E-state index is -0.203. The van der Waals surface area contributed by atoms with Gasteiger partial charge in [0, 0.05) is 50.9 Å². The van der Waals surface area contributed by atoms with Crippen molar-refractivity contribution in [1.29, 1.82) is 0 Å². The molecule has 7 heteroatoms. The number of rotatable bonds is 6. The number of nitrogens with zero attached hydrogens (tertiary/aromatic N) is 3. The fourth-order valence-corrected chi connectivity index (χ4v) is 3.66. The molecule has 0 unspecified atom stereocenters. The van der Waals surface area contributed by atoms with Gasteiger partial charge in [-0.25, -0.2) is 4.39 Å². The van der Waals surface area contributed by atoms with Crippen molar-refractivity contribution in [1.82, 2.24) is 20.5 Å². The van der Waals surface area contributed by atoms with E-state index in [4.69, 9.17) is 0 Å². The van der Waals surface area contributed by atoms with E-state index in [1.54, 1.807) is 19.2 Å². The molecular weight excluding hydrogens is 492 g/mol. The molecule has 1 aliphatic rings. The van der Waals surface area contributed by atoms with Crippen molar-refractivity contribution in [2.45, 2.75) is 44.7 Å². The van der Waals surface area contributed by atoms with Gasteiger partial charge in [0.15, 0.2) is 5.96 Å². The van der Waals surface area contributed by atoms with E-state index in [0.29, 0.717) is 12.6 Å². The lowest BCUT2D eigenvalue weighted by atomic mass is 9.84. The van der Waals surface area contributed by atoms with Gasteiger partial charge in [0.05, 0.1) is 5.69 Å². The average molecular weight is 525 g/mol. The zero-order valence-electron chi connectivity index (χ0n) is 18.1. The number of piperidine rings is 1. The molecule has 0 aliphatic carbocycles. The third kappa shape index (κ3) is 7.19. The molecule has 1 saturated heterocycles. The maximum atomic E-state index is 13.6. The highest BCUT2D eigenvalue weighted by molar-refractivity contribution is 14.0. The van der Waals surface area contributed by atoms with E-state index in [0.717, 1.165) is 49.7 Å². The van der Waals surface area contributed by atoms with Crippen LogP contribution in [0, 0.1) is 5.82 Å². The molecule has 0 bridgehead atoms. The van der Waals surface area contributed by atoms with Gasteiger partial charge >= 0.3 is 0 Å². The maximum absolute atomic E-state index is 13.6. The Morgan fingerprint density at radius 1 is 1.20 bits per heavy atom. The van der Waals surface area contributed by atoms with Crippen LogP contribution >= 0.6 is 24.0 Å². The van der Waals surface area contributed by atoms with E-state index in [9.17, 15) is 4.39 Å². The fraction of sp³-hybridized carbons (Fsp3) is 0.478. The molecule has 2 N–H and O–H groups in total. The van der Waals surface area contributed by atoms with Crippen molar-refractivity contribution >= 4 is 29.9 Å². The fourth-order valence-electron chi connectivity index (χ4n) is 3.66. The Kier molecular flexibility index (Phi) is 9.48. The predicted molar refractivity (Wildman–Crippen MR) is 132 cm³/mol. The van der Waals surface area contributed by atoms with Crippen molar-refractivity contribution in [3.63, 3.8) is 0 Å². The molecule has 2 heterocycles. The monoisotopic (exact) mass is 525 g/mol. The number of halogens is 2. The first-order chi connectivity index (χ1) is 14.0. The van der Waals surface area contributed by atoms with Gasteiger partial charge in [-0.3, -0.25) is 14.9 Å². The molecule has 30 heavy (non-hydrogen) atoms. The average Bonchev–Trinajstić information content (AvgIpc) is 2.73. The second-order valence-electron chi connectivity index (χ2n) is 8.34. The van der Waals surface area contributed by atoms with Crippen molar-refractivity contribution in [3.05, 3.63) is 65.7 Å². The van der Waals surface area contributed by atoms with Crippen LogP contribution in [0.5, 0.6) is 0 Å². The van der Waals surface area contributed by atoms with Gasteiger partial charge in [0.1, 0.15) is 5.82 Å². The van der Waals surface area contributed by atoms with Crippen LogP contribution in [-0.4, -0.2) is 48.6 Å². The highest BCUT2D eigenvalue weighted by Crippen LogP contribution is 2.23. The second-order valence-corrected chi connectivity index (χ2v) is 8.34. The van der Waals surface area contributed by atoms with Crippen LogP contribution in [0.25, 0.3) is 0 Å². The third-order valence-electron chi connectivity index (χ3n) is 5.57. The van der Waals surface area contributed by atoms with Crippen LogP contribution in [0.2, 0.25) is 0 Å². The minimum Gasteiger partial charge on any atom is -0.356 e. The van der Waals surface area contributed by atoms with Crippen LogP contribution in [-0.2, 0) is 12.0 Å². The molecule has 1 fully saturated rings. The maximum Gasteiger partial charge on any atom is 0.191 e. The molecule has 164 valence electrons. The highest BCUT2D eigenvalue weighted by atomic mass is 127. The first-order valence-corrected chi connectivity index (χ1v) is 10.3. The first kappa shape index (κ1) is 24.5. The normalized spacial score (nSPS) is 16.1. The Balaban J connectivity index is 0.00000320. The second kappa shape index (κ2) is 11.6. The Morgan fingerprint density at radius 3 is 2.60 bits per heavy atom. The number of aromatic nitrogens is 1. The van der Waals surface area contributed by atoms with Crippen molar-refractivity contribution in [2.75, 3.05) is 26.7 Å². The van der Waals surface area contributed by atoms with Gasteiger partial charge in [-0.05, 0) is 42.7 Å². The molecule has 3 rings (SSSR count). The molecule has 0 amide bonds. The number of benzene rings is 1. The van der Waals surface area contributed by atoms with E-state index < -0.39 is 0 Å². The van der Waals surface area contributed by atoms with E-state index in [1.807, 2.05) is 24.4 Å². The smallest absolute Gasteiger partial charge is 0.191 e. The molecular formula is C23H33FIN5. The lowest BCUT2D eigenvalue weighted by molar-refractivity contribution is 0.196. The third-order valence-corrected chi connectivity index (χ3v) is 5.57. The first-order valence-electron chi connectivity index (χ1n) is 10.3. The van der Waals surface area contributed by atoms with Crippen LogP contribution in [0.4, 0.5) is 4.39 Å². The molecule has 1 aromatic carbocycles.